The molecule has 0 aliphatic heterocycles. The fraction of sp³-hybridized carbons (Fsp3) is 0.400. The Labute approximate surface area is 109 Å². The summed E-state index contributed by atoms with van der Waals surface area (Å²) in [5.74, 6) is 1.30. The zero-order chi connectivity index (χ0) is 13.1. The number of nitrogens with two attached hydrogens (primary N) is 1. The molecule has 0 radical (unpaired) electrons. The summed E-state index contributed by atoms with van der Waals surface area (Å²) < 4.78 is 0. The molecule has 0 amide bonds. The number of pyridine rings is 1. The lowest BCUT2D eigenvalue weighted by molar-refractivity contribution is 0.289. The van der Waals surface area contributed by atoms with E-state index in [9.17, 15) is 0 Å². The van der Waals surface area contributed by atoms with Crippen LogP contribution in [0.1, 0.15) is 19.4 Å². The van der Waals surface area contributed by atoms with Crippen LogP contribution in [0.15, 0.2) is 30.3 Å². The van der Waals surface area contributed by atoms with Crippen LogP contribution in [0, 0.1) is 5.92 Å². The van der Waals surface area contributed by atoms with Gasteiger partial charge in [-0.1, -0.05) is 32.0 Å². The molecule has 0 atom stereocenters. The van der Waals surface area contributed by atoms with Crippen LogP contribution in [0.3, 0.4) is 0 Å². The van der Waals surface area contributed by atoms with E-state index >= 15 is 0 Å². The highest BCUT2D eigenvalue weighted by Gasteiger charge is 2.08. The number of nitrogen functional groups attached to an aromatic ring is 1. The van der Waals surface area contributed by atoms with Crippen molar-refractivity contribution in [2.24, 2.45) is 5.92 Å². The predicted molar refractivity (Wildman–Crippen MR) is 77.3 cm³/mol. The smallest absolute Gasteiger partial charge is 0.128 e. The van der Waals surface area contributed by atoms with E-state index in [-0.39, 0.29) is 0 Å². The number of anilines is 1. The Balaban J connectivity index is 2.25. The maximum absolute atomic E-state index is 6.03. The van der Waals surface area contributed by atoms with Crippen molar-refractivity contribution in [2.45, 2.75) is 20.4 Å². The van der Waals surface area contributed by atoms with E-state index in [0.717, 1.165) is 29.6 Å². The summed E-state index contributed by atoms with van der Waals surface area (Å²) in [5, 5.41) is 1.15. The standard InChI is InChI=1S/C15H21N3/c1-11(2)9-18(3)10-13-8-12-6-4-5-7-14(12)17-15(13)16/h4-8,11H,9-10H2,1-3H3,(H2,16,17). The Morgan fingerprint density at radius 1 is 1.28 bits per heavy atom. The molecule has 0 spiro atoms. The summed E-state index contributed by atoms with van der Waals surface area (Å²) in [6.07, 6.45) is 0. The first-order chi connectivity index (χ1) is 8.56. The molecular formula is C15H21N3. The maximum Gasteiger partial charge on any atom is 0.128 e. The van der Waals surface area contributed by atoms with Crippen LogP contribution >= 0.6 is 0 Å². The second kappa shape index (κ2) is 5.36. The molecule has 0 aliphatic rings. The van der Waals surface area contributed by atoms with Crippen LogP contribution in [-0.4, -0.2) is 23.5 Å². The van der Waals surface area contributed by atoms with E-state index in [4.69, 9.17) is 5.73 Å². The second-order valence-electron chi connectivity index (χ2n) is 5.32. The normalized spacial score (nSPS) is 11.6. The van der Waals surface area contributed by atoms with E-state index in [2.05, 4.69) is 42.9 Å². The molecule has 2 rings (SSSR count). The summed E-state index contributed by atoms with van der Waals surface area (Å²) in [6, 6.07) is 10.2. The number of aromatic nitrogens is 1. The summed E-state index contributed by atoms with van der Waals surface area (Å²) in [6.45, 7) is 6.35. The zero-order valence-corrected chi connectivity index (χ0v) is 11.4. The monoisotopic (exact) mass is 243 g/mol. The van der Waals surface area contributed by atoms with E-state index < -0.39 is 0 Å². The van der Waals surface area contributed by atoms with Crippen LogP contribution in [0.5, 0.6) is 0 Å². The molecule has 18 heavy (non-hydrogen) atoms. The molecular weight excluding hydrogens is 222 g/mol. The molecule has 0 bridgehead atoms. The Hall–Kier alpha value is -1.61. The van der Waals surface area contributed by atoms with Crippen LogP contribution in [0.25, 0.3) is 10.9 Å². The maximum atomic E-state index is 6.03. The fourth-order valence-electron chi connectivity index (χ4n) is 2.28. The summed E-state index contributed by atoms with van der Waals surface area (Å²) in [4.78, 5) is 6.74. The molecule has 1 heterocycles. The molecule has 96 valence electrons. The highest BCUT2D eigenvalue weighted by atomic mass is 15.1. The van der Waals surface area contributed by atoms with Gasteiger partial charge in [0.2, 0.25) is 0 Å². The van der Waals surface area contributed by atoms with Gasteiger partial charge in [-0.3, -0.25) is 0 Å². The molecule has 2 N–H and O–H groups in total. The minimum absolute atomic E-state index is 0.643. The third-order valence-corrected chi connectivity index (χ3v) is 2.95. The van der Waals surface area contributed by atoms with Gasteiger partial charge < -0.3 is 10.6 Å². The quantitative estimate of drug-likeness (QED) is 0.897. The topological polar surface area (TPSA) is 42.2 Å². The van der Waals surface area contributed by atoms with Crippen LogP contribution in [-0.2, 0) is 6.54 Å². The van der Waals surface area contributed by atoms with Gasteiger partial charge in [0, 0.05) is 24.0 Å². The average Bonchev–Trinajstić information content (AvgIpc) is 2.29. The lowest BCUT2D eigenvalue weighted by Crippen LogP contribution is -2.23. The molecule has 0 saturated heterocycles. The van der Waals surface area contributed by atoms with Crippen molar-refractivity contribution in [3.05, 3.63) is 35.9 Å². The van der Waals surface area contributed by atoms with Crippen molar-refractivity contribution in [1.29, 1.82) is 0 Å². The molecule has 0 fully saturated rings. The molecule has 1 aromatic heterocycles. The summed E-state index contributed by atoms with van der Waals surface area (Å²) >= 11 is 0. The number of nitrogens with zero attached hydrogens (tertiary/aromatic N) is 2. The highest BCUT2D eigenvalue weighted by Crippen LogP contribution is 2.19. The van der Waals surface area contributed by atoms with Gasteiger partial charge in [-0.25, -0.2) is 4.98 Å². The van der Waals surface area contributed by atoms with Crippen molar-refractivity contribution in [3.8, 4) is 0 Å². The van der Waals surface area contributed by atoms with Crippen LogP contribution in [0.2, 0.25) is 0 Å². The first kappa shape index (κ1) is 12.8. The Bertz CT molecular complexity index is 534. The first-order valence-corrected chi connectivity index (χ1v) is 6.39. The fourth-order valence-corrected chi connectivity index (χ4v) is 2.28. The van der Waals surface area contributed by atoms with E-state index in [1.165, 1.54) is 0 Å². The molecule has 0 unspecified atom stereocenters. The minimum atomic E-state index is 0.643. The third kappa shape index (κ3) is 2.99. The lowest BCUT2D eigenvalue weighted by atomic mass is 10.1. The second-order valence-corrected chi connectivity index (χ2v) is 5.32. The number of hydrogen-bond donors (Lipinski definition) is 1. The summed E-state index contributed by atoms with van der Waals surface area (Å²) in [5.41, 5.74) is 8.10. The lowest BCUT2D eigenvalue weighted by Gasteiger charge is -2.19. The van der Waals surface area contributed by atoms with Gasteiger partial charge in [0.25, 0.3) is 0 Å². The van der Waals surface area contributed by atoms with E-state index in [1.54, 1.807) is 0 Å². The molecule has 1 aromatic carbocycles. The van der Waals surface area contributed by atoms with Gasteiger partial charge in [0.15, 0.2) is 0 Å². The van der Waals surface area contributed by atoms with E-state index in [1.807, 2.05) is 18.2 Å². The Morgan fingerprint density at radius 3 is 2.72 bits per heavy atom. The SMILES string of the molecule is CC(C)CN(C)Cc1cc2ccccc2nc1N. The van der Waals surface area contributed by atoms with Gasteiger partial charge in [0.05, 0.1) is 5.52 Å². The largest absolute Gasteiger partial charge is 0.383 e. The third-order valence-electron chi connectivity index (χ3n) is 2.95. The number of benzene rings is 1. The number of rotatable bonds is 4. The van der Waals surface area contributed by atoms with Gasteiger partial charge in [0.1, 0.15) is 5.82 Å². The van der Waals surface area contributed by atoms with Crippen molar-refractivity contribution >= 4 is 16.7 Å². The minimum Gasteiger partial charge on any atom is -0.383 e. The average molecular weight is 243 g/mol. The first-order valence-electron chi connectivity index (χ1n) is 6.39. The van der Waals surface area contributed by atoms with Crippen molar-refractivity contribution in [3.63, 3.8) is 0 Å². The van der Waals surface area contributed by atoms with Gasteiger partial charge in [-0.2, -0.15) is 0 Å². The molecule has 2 aromatic rings. The van der Waals surface area contributed by atoms with Crippen LogP contribution < -0.4 is 5.73 Å². The van der Waals surface area contributed by atoms with Crippen molar-refractivity contribution in [1.82, 2.24) is 9.88 Å². The molecule has 3 heteroatoms. The molecule has 3 nitrogen and oxygen atoms in total. The Kier molecular flexibility index (Phi) is 3.82. The summed E-state index contributed by atoms with van der Waals surface area (Å²) in [7, 11) is 2.12. The number of fused-ring (bicyclic) bond motifs is 1. The van der Waals surface area contributed by atoms with Gasteiger partial charge in [-0.05, 0) is 25.1 Å². The van der Waals surface area contributed by atoms with E-state index in [0.29, 0.717) is 11.7 Å². The van der Waals surface area contributed by atoms with Crippen molar-refractivity contribution in [2.75, 3.05) is 19.3 Å². The van der Waals surface area contributed by atoms with Crippen LogP contribution in [0.4, 0.5) is 5.82 Å². The molecule has 0 aliphatic carbocycles. The van der Waals surface area contributed by atoms with Gasteiger partial charge in [-0.15, -0.1) is 0 Å². The Morgan fingerprint density at radius 2 is 2.00 bits per heavy atom. The van der Waals surface area contributed by atoms with Crippen molar-refractivity contribution < 1.29 is 0 Å². The predicted octanol–water partition coefficient (Wildman–Crippen LogP) is 2.90. The highest BCUT2D eigenvalue weighted by molar-refractivity contribution is 5.81. The molecule has 0 saturated carbocycles. The zero-order valence-electron chi connectivity index (χ0n) is 11.4. The van der Waals surface area contributed by atoms with Gasteiger partial charge >= 0.3 is 0 Å². The number of para-hydroxylation sites is 1. The number of hydrogen-bond acceptors (Lipinski definition) is 3.